The molecular weight excluding hydrogens is 350 g/mol. The van der Waals surface area contributed by atoms with E-state index in [-0.39, 0.29) is 17.7 Å². The van der Waals surface area contributed by atoms with E-state index in [1.54, 1.807) is 13.0 Å². The minimum Gasteiger partial charge on any atom is -0.485 e. The molecule has 1 aromatic carbocycles. The zero-order valence-corrected chi connectivity index (χ0v) is 14.2. The average Bonchev–Trinajstić information content (AvgIpc) is 3.09. The zero-order chi connectivity index (χ0) is 17.8. The van der Waals surface area contributed by atoms with Gasteiger partial charge in [-0.05, 0) is 19.1 Å². The van der Waals surface area contributed by atoms with Gasteiger partial charge in [-0.2, -0.15) is 0 Å². The SMILES string of the molecule is COC(=O)NC(=O)[C@@H](C)Sc1nnc([C@H]2COc3ccccc3O2)o1. The molecular formula is C15H15N3O6S. The molecule has 0 fully saturated rings. The molecule has 1 N–H and O–H groups in total. The maximum atomic E-state index is 11.8. The lowest BCUT2D eigenvalue weighted by atomic mass is 10.2. The Hall–Kier alpha value is -2.75. The van der Waals surface area contributed by atoms with E-state index >= 15 is 0 Å². The highest BCUT2D eigenvalue weighted by Gasteiger charge is 2.28. The van der Waals surface area contributed by atoms with Crippen molar-refractivity contribution in [2.45, 2.75) is 23.5 Å². The van der Waals surface area contributed by atoms with Crippen LogP contribution in [-0.2, 0) is 9.53 Å². The highest BCUT2D eigenvalue weighted by molar-refractivity contribution is 8.00. The molecule has 1 aliphatic rings. The third-order valence-electron chi connectivity index (χ3n) is 3.26. The fourth-order valence-corrected chi connectivity index (χ4v) is 2.69. The monoisotopic (exact) mass is 365 g/mol. The van der Waals surface area contributed by atoms with Crippen molar-refractivity contribution in [1.82, 2.24) is 15.5 Å². The number of nitrogens with one attached hydrogen (secondary N) is 1. The van der Waals surface area contributed by atoms with Crippen molar-refractivity contribution < 1.29 is 28.2 Å². The number of hydrogen-bond acceptors (Lipinski definition) is 9. The molecule has 0 aliphatic carbocycles. The molecule has 132 valence electrons. The van der Waals surface area contributed by atoms with E-state index in [0.717, 1.165) is 11.8 Å². The Morgan fingerprint density at radius 3 is 2.84 bits per heavy atom. The molecule has 1 aliphatic heterocycles. The summed E-state index contributed by atoms with van der Waals surface area (Å²) in [5.74, 6) is 0.971. The van der Waals surface area contributed by atoms with Crippen LogP contribution < -0.4 is 14.8 Å². The standard InChI is InChI=1S/C15H15N3O6S/c1-8(12(19)16-14(20)21-2)25-15-18-17-13(24-15)11-7-22-9-5-3-4-6-10(9)23-11/h3-6,8,11H,7H2,1-2H3,(H,16,19,20)/t8-,11-/m1/s1. The van der Waals surface area contributed by atoms with Crippen molar-refractivity contribution in [3.63, 3.8) is 0 Å². The van der Waals surface area contributed by atoms with Crippen molar-refractivity contribution in [2.75, 3.05) is 13.7 Å². The molecule has 3 rings (SSSR count). The van der Waals surface area contributed by atoms with Gasteiger partial charge in [0.05, 0.1) is 12.4 Å². The number of hydrogen-bond donors (Lipinski definition) is 1. The van der Waals surface area contributed by atoms with Crippen LogP contribution in [0.2, 0.25) is 0 Å². The Morgan fingerprint density at radius 1 is 1.32 bits per heavy atom. The lowest BCUT2D eigenvalue weighted by molar-refractivity contribution is -0.119. The summed E-state index contributed by atoms with van der Waals surface area (Å²) < 4.78 is 21.3. The second-order valence-electron chi connectivity index (χ2n) is 5.01. The van der Waals surface area contributed by atoms with Crippen LogP contribution in [0.1, 0.15) is 18.9 Å². The molecule has 2 aromatic rings. The number of carbonyl (C=O) groups excluding carboxylic acids is 2. The number of aromatic nitrogens is 2. The highest BCUT2D eigenvalue weighted by Crippen LogP contribution is 2.36. The van der Waals surface area contributed by atoms with Crippen LogP contribution in [0, 0.1) is 0 Å². The summed E-state index contributed by atoms with van der Waals surface area (Å²) in [5.41, 5.74) is 0. The number of para-hydroxylation sites is 2. The van der Waals surface area contributed by atoms with E-state index in [1.807, 2.05) is 18.2 Å². The van der Waals surface area contributed by atoms with Crippen molar-refractivity contribution >= 4 is 23.8 Å². The molecule has 0 radical (unpaired) electrons. The Kier molecular flexibility index (Phi) is 5.08. The second kappa shape index (κ2) is 7.43. The second-order valence-corrected chi connectivity index (χ2v) is 6.30. The van der Waals surface area contributed by atoms with Gasteiger partial charge >= 0.3 is 6.09 Å². The van der Waals surface area contributed by atoms with E-state index in [9.17, 15) is 9.59 Å². The molecule has 0 unspecified atom stereocenters. The van der Waals surface area contributed by atoms with E-state index in [4.69, 9.17) is 13.9 Å². The summed E-state index contributed by atoms with van der Waals surface area (Å²) in [7, 11) is 1.18. The van der Waals surface area contributed by atoms with Crippen molar-refractivity contribution in [2.24, 2.45) is 0 Å². The predicted molar refractivity (Wildman–Crippen MR) is 85.5 cm³/mol. The normalized spacial score (nSPS) is 16.8. The van der Waals surface area contributed by atoms with Crippen LogP contribution in [0.15, 0.2) is 33.9 Å². The minimum atomic E-state index is -0.824. The van der Waals surface area contributed by atoms with Crippen LogP contribution in [0.5, 0.6) is 11.5 Å². The molecule has 9 nitrogen and oxygen atoms in total. The zero-order valence-electron chi connectivity index (χ0n) is 13.4. The molecule has 10 heteroatoms. The predicted octanol–water partition coefficient (Wildman–Crippen LogP) is 1.95. The van der Waals surface area contributed by atoms with E-state index in [0.29, 0.717) is 11.5 Å². The van der Waals surface area contributed by atoms with Crippen molar-refractivity contribution in [3.8, 4) is 11.5 Å². The topological polar surface area (TPSA) is 113 Å². The first-order valence-corrected chi connectivity index (χ1v) is 8.22. The molecule has 25 heavy (non-hydrogen) atoms. The number of rotatable bonds is 4. The summed E-state index contributed by atoms with van der Waals surface area (Å²) in [6, 6.07) is 7.28. The third-order valence-corrected chi connectivity index (χ3v) is 4.20. The summed E-state index contributed by atoms with van der Waals surface area (Å²) in [4.78, 5) is 22.8. The lowest BCUT2D eigenvalue weighted by Crippen LogP contribution is -2.35. The number of methoxy groups -OCH3 is 1. The van der Waals surface area contributed by atoms with Crippen LogP contribution >= 0.6 is 11.8 Å². The average molecular weight is 365 g/mol. The molecule has 1 aromatic heterocycles. The highest BCUT2D eigenvalue weighted by atomic mass is 32.2. The quantitative estimate of drug-likeness (QED) is 0.812. The number of fused-ring (bicyclic) bond motifs is 1. The largest absolute Gasteiger partial charge is 0.485 e. The fourth-order valence-electron chi connectivity index (χ4n) is 2.00. The number of imide groups is 1. The van der Waals surface area contributed by atoms with E-state index in [2.05, 4.69) is 20.3 Å². The van der Waals surface area contributed by atoms with Gasteiger partial charge in [0.25, 0.3) is 11.1 Å². The summed E-state index contributed by atoms with van der Waals surface area (Å²) in [6.45, 7) is 1.84. The Labute approximate surface area is 147 Å². The molecule has 2 heterocycles. The number of nitrogens with zero attached hydrogens (tertiary/aromatic N) is 2. The number of ether oxygens (including phenoxy) is 3. The van der Waals surface area contributed by atoms with Gasteiger partial charge < -0.3 is 18.6 Å². The number of thioether (sulfide) groups is 1. The van der Waals surface area contributed by atoms with Gasteiger partial charge in [-0.1, -0.05) is 23.9 Å². The molecule has 0 spiro atoms. The van der Waals surface area contributed by atoms with Crippen LogP contribution in [-0.4, -0.2) is 41.2 Å². The van der Waals surface area contributed by atoms with E-state index in [1.165, 1.54) is 7.11 Å². The molecule has 0 saturated carbocycles. The summed E-state index contributed by atoms with van der Waals surface area (Å²) in [6.07, 6.45) is -1.36. The maximum absolute atomic E-state index is 11.8. The summed E-state index contributed by atoms with van der Waals surface area (Å²) in [5, 5.41) is 9.45. The van der Waals surface area contributed by atoms with Gasteiger partial charge in [0, 0.05) is 0 Å². The summed E-state index contributed by atoms with van der Waals surface area (Å²) >= 11 is 1.02. The Morgan fingerprint density at radius 2 is 2.08 bits per heavy atom. The van der Waals surface area contributed by atoms with Crippen LogP contribution in [0.25, 0.3) is 0 Å². The van der Waals surface area contributed by atoms with Gasteiger partial charge in [-0.15, -0.1) is 10.2 Å². The van der Waals surface area contributed by atoms with Gasteiger partial charge in [-0.3, -0.25) is 10.1 Å². The first-order valence-electron chi connectivity index (χ1n) is 7.34. The molecule has 0 saturated heterocycles. The minimum absolute atomic E-state index is 0.185. The van der Waals surface area contributed by atoms with Gasteiger partial charge in [0.1, 0.15) is 6.61 Å². The van der Waals surface area contributed by atoms with E-state index < -0.39 is 23.4 Å². The number of amides is 2. The molecule has 2 atom stereocenters. The number of benzene rings is 1. The van der Waals surface area contributed by atoms with Crippen LogP contribution in [0.3, 0.4) is 0 Å². The third kappa shape index (κ3) is 4.02. The first-order chi connectivity index (χ1) is 12.1. The number of alkyl carbamates (subject to hydrolysis) is 1. The molecule has 0 bridgehead atoms. The molecule has 2 amide bonds. The van der Waals surface area contributed by atoms with Crippen LogP contribution in [0.4, 0.5) is 4.79 Å². The van der Waals surface area contributed by atoms with Gasteiger partial charge in [0.15, 0.2) is 11.5 Å². The fraction of sp³-hybridized carbons (Fsp3) is 0.333. The smallest absolute Gasteiger partial charge is 0.413 e. The van der Waals surface area contributed by atoms with Crippen molar-refractivity contribution in [1.29, 1.82) is 0 Å². The lowest BCUT2D eigenvalue weighted by Gasteiger charge is -2.23. The Balaban J connectivity index is 1.61. The van der Waals surface area contributed by atoms with Gasteiger partial charge in [-0.25, -0.2) is 4.79 Å². The Bertz CT molecular complexity index is 780. The number of carbonyl (C=O) groups is 2. The maximum Gasteiger partial charge on any atom is 0.413 e. The van der Waals surface area contributed by atoms with Gasteiger partial charge in [0.2, 0.25) is 12.0 Å². The first kappa shape index (κ1) is 17.1. The van der Waals surface area contributed by atoms with Crippen molar-refractivity contribution in [3.05, 3.63) is 30.2 Å².